The highest BCUT2D eigenvalue weighted by Gasteiger charge is 2.43. The quantitative estimate of drug-likeness (QED) is 0.198. The average Bonchev–Trinajstić information content (AvgIpc) is 3.78. The molecule has 1 aliphatic rings. The van der Waals surface area contributed by atoms with Gasteiger partial charge in [0.15, 0.2) is 0 Å². The van der Waals surface area contributed by atoms with Crippen LogP contribution in [0, 0.1) is 0 Å². The Hall–Kier alpha value is -4.93. The summed E-state index contributed by atoms with van der Waals surface area (Å²) in [4.78, 5) is 0. The number of nitrogens with zero attached hydrogens (tertiary/aromatic N) is 6. The Bertz CT molecular complexity index is 2000. The molecule has 0 spiro atoms. The molecule has 1 aliphatic heterocycles. The zero-order valence-electron chi connectivity index (χ0n) is 25.4. The number of benzene rings is 4. The van der Waals surface area contributed by atoms with Gasteiger partial charge in [-0.1, -0.05) is 133 Å². The predicted molar refractivity (Wildman–Crippen MR) is 186 cm³/mol. The standard InChI is InChI=1S/C36H34N6Si2/c1-41-22-31(37-39-41)25-14-18-29(19-15-25)35-33(27-10-6-4-7-11-27)34(28-12-8-5-9-13-28)36(44(35,2)3)30-20-16-26(17-21-30)32-23-42(24-43)40-38-32/h4-23H,24H2,1-3,43H3. The normalized spacial score (nSPS) is 14.5. The molecule has 3 heterocycles. The first-order valence-corrected chi connectivity index (χ1v) is 19.4. The summed E-state index contributed by atoms with van der Waals surface area (Å²) in [6.45, 7) is 5.00. The van der Waals surface area contributed by atoms with Gasteiger partial charge >= 0.3 is 0 Å². The molecule has 44 heavy (non-hydrogen) atoms. The van der Waals surface area contributed by atoms with Crippen LogP contribution in [0.5, 0.6) is 0 Å². The van der Waals surface area contributed by atoms with Gasteiger partial charge in [0.1, 0.15) is 19.5 Å². The highest BCUT2D eigenvalue weighted by Crippen LogP contribution is 2.55. The summed E-state index contributed by atoms with van der Waals surface area (Å²) in [5.74, 6) is 0. The van der Waals surface area contributed by atoms with Crippen molar-refractivity contribution in [3.05, 3.63) is 144 Å². The van der Waals surface area contributed by atoms with Crippen LogP contribution in [0.25, 0.3) is 44.1 Å². The predicted octanol–water partition coefficient (Wildman–Crippen LogP) is 6.39. The van der Waals surface area contributed by atoms with Gasteiger partial charge < -0.3 is 0 Å². The summed E-state index contributed by atoms with van der Waals surface area (Å²) in [7, 11) is 0.685. The van der Waals surface area contributed by atoms with Crippen molar-refractivity contribution in [2.75, 3.05) is 0 Å². The fraction of sp³-hybridized carbons (Fsp3) is 0.111. The minimum atomic E-state index is -2.26. The summed E-state index contributed by atoms with van der Waals surface area (Å²) in [6.07, 6.45) is 4.94. The minimum Gasteiger partial charge on any atom is -0.256 e. The van der Waals surface area contributed by atoms with Crippen molar-refractivity contribution in [1.82, 2.24) is 30.0 Å². The maximum Gasteiger partial charge on any atom is 0.115 e. The Balaban J connectivity index is 1.43. The Kier molecular flexibility index (Phi) is 7.16. The molecule has 6 aromatic rings. The van der Waals surface area contributed by atoms with Gasteiger partial charge in [-0.2, -0.15) is 0 Å². The zero-order chi connectivity index (χ0) is 30.3. The highest BCUT2D eigenvalue weighted by atomic mass is 28.3. The second-order valence-electron chi connectivity index (χ2n) is 11.7. The van der Waals surface area contributed by atoms with Crippen molar-refractivity contribution in [1.29, 1.82) is 0 Å². The molecule has 216 valence electrons. The van der Waals surface area contributed by atoms with Crippen LogP contribution in [0.1, 0.15) is 22.3 Å². The van der Waals surface area contributed by atoms with Crippen LogP contribution in [0.4, 0.5) is 0 Å². The molecule has 0 fully saturated rings. The van der Waals surface area contributed by atoms with E-state index in [0.29, 0.717) is 0 Å². The van der Waals surface area contributed by atoms with Crippen molar-refractivity contribution in [2.45, 2.75) is 19.3 Å². The first kappa shape index (κ1) is 27.9. The average molecular weight is 607 g/mol. The molecule has 2 aromatic heterocycles. The molecular formula is C36H34N6Si2. The molecule has 0 saturated heterocycles. The van der Waals surface area contributed by atoms with E-state index in [0.717, 1.165) is 38.9 Å². The minimum absolute atomic E-state index is 0.879. The molecule has 8 heteroatoms. The van der Waals surface area contributed by atoms with E-state index in [2.05, 4.69) is 143 Å². The maximum atomic E-state index is 4.42. The van der Waals surface area contributed by atoms with Crippen LogP contribution in [-0.2, 0) is 13.2 Å². The topological polar surface area (TPSA) is 61.4 Å². The van der Waals surface area contributed by atoms with Crippen LogP contribution in [0.15, 0.2) is 122 Å². The number of allylic oxidation sites excluding steroid dienone is 2. The summed E-state index contributed by atoms with van der Waals surface area (Å²) in [5.41, 5.74) is 11.6. The molecule has 7 rings (SSSR count). The molecule has 0 saturated carbocycles. The van der Waals surface area contributed by atoms with Gasteiger partial charge in [-0.15, -0.1) is 10.2 Å². The Morgan fingerprint density at radius 1 is 0.545 bits per heavy atom. The fourth-order valence-corrected chi connectivity index (χ4v) is 10.6. The number of rotatable bonds is 7. The molecular weight excluding hydrogens is 573 g/mol. The molecule has 0 unspecified atom stereocenters. The fourth-order valence-electron chi connectivity index (χ4n) is 6.48. The molecule has 0 radical (unpaired) electrons. The third kappa shape index (κ3) is 4.92. The smallest absolute Gasteiger partial charge is 0.115 e. The third-order valence-electron chi connectivity index (χ3n) is 8.53. The second-order valence-corrected chi connectivity index (χ2v) is 16.6. The van der Waals surface area contributed by atoms with Crippen molar-refractivity contribution in [3.8, 4) is 22.5 Å². The molecule has 6 nitrogen and oxygen atoms in total. The van der Waals surface area contributed by atoms with Gasteiger partial charge in [0.2, 0.25) is 0 Å². The van der Waals surface area contributed by atoms with Gasteiger partial charge in [-0.05, 0) is 43.8 Å². The molecule has 0 aliphatic carbocycles. The van der Waals surface area contributed by atoms with Gasteiger partial charge in [0, 0.05) is 34.6 Å². The van der Waals surface area contributed by atoms with Crippen LogP contribution in [-0.4, -0.2) is 48.3 Å². The van der Waals surface area contributed by atoms with Crippen LogP contribution >= 0.6 is 0 Å². The summed E-state index contributed by atoms with van der Waals surface area (Å²) in [6, 6.07) is 39.7. The van der Waals surface area contributed by atoms with Gasteiger partial charge in [0.05, 0.1) is 12.4 Å². The van der Waals surface area contributed by atoms with Gasteiger partial charge in [-0.25, -0.2) is 0 Å². The number of hydrogen-bond donors (Lipinski definition) is 0. The SMILES string of the molecule is Cn1cc(-c2ccc(C3=C(c4ccccc4)C(c4ccccc4)=C(c4ccc(-c5cn(C[SiH3])nn5)cc4)[Si]3(C)C)cc2)nn1. The molecule has 0 N–H and O–H groups in total. The maximum absolute atomic E-state index is 4.42. The van der Waals surface area contributed by atoms with E-state index in [1.54, 1.807) is 4.68 Å². The van der Waals surface area contributed by atoms with E-state index in [1.807, 2.05) is 24.1 Å². The lowest BCUT2D eigenvalue weighted by molar-refractivity contribution is 0.695. The van der Waals surface area contributed by atoms with Gasteiger partial charge in [0.25, 0.3) is 0 Å². The van der Waals surface area contributed by atoms with Crippen LogP contribution in [0.2, 0.25) is 13.1 Å². The monoisotopic (exact) mass is 606 g/mol. The second kappa shape index (κ2) is 11.3. The van der Waals surface area contributed by atoms with E-state index < -0.39 is 8.07 Å². The number of aromatic nitrogens is 6. The van der Waals surface area contributed by atoms with Gasteiger partial charge in [-0.3, -0.25) is 9.36 Å². The first-order valence-electron chi connectivity index (χ1n) is 15.0. The van der Waals surface area contributed by atoms with Crippen molar-refractivity contribution < 1.29 is 0 Å². The number of hydrogen-bond acceptors (Lipinski definition) is 4. The molecule has 0 atom stereocenters. The third-order valence-corrected chi connectivity index (χ3v) is 12.8. The highest BCUT2D eigenvalue weighted by molar-refractivity contribution is 7.13. The lowest BCUT2D eigenvalue weighted by Gasteiger charge is -2.26. The zero-order valence-corrected chi connectivity index (χ0v) is 28.4. The largest absolute Gasteiger partial charge is 0.256 e. The van der Waals surface area contributed by atoms with E-state index >= 15 is 0 Å². The van der Waals surface area contributed by atoms with E-state index in [9.17, 15) is 0 Å². The number of aryl methyl sites for hydroxylation is 1. The van der Waals surface area contributed by atoms with Crippen molar-refractivity contribution in [3.63, 3.8) is 0 Å². The van der Waals surface area contributed by atoms with E-state index in [4.69, 9.17) is 0 Å². The molecule has 0 bridgehead atoms. The Morgan fingerprint density at radius 2 is 0.977 bits per heavy atom. The van der Waals surface area contributed by atoms with Crippen LogP contribution in [0.3, 0.4) is 0 Å². The lowest BCUT2D eigenvalue weighted by atomic mass is 9.89. The summed E-state index contributed by atoms with van der Waals surface area (Å²) < 4.78 is 3.67. The first-order chi connectivity index (χ1) is 21.4. The Labute approximate surface area is 261 Å². The molecule has 4 aromatic carbocycles. The summed E-state index contributed by atoms with van der Waals surface area (Å²) >= 11 is 0. The molecule has 0 amide bonds. The Morgan fingerprint density at radius 3 is 1.39 bits per heavy atom. The van der Waals surface area contributed by atoms with Crippen molar-refractivity contribution in [2.24, 2.45) is 7.05 Å². The van der Waals surface area contributed by atoms with E-state index in [1.165, 1.54) is 43.8 Å². The summed E-state index contributed by atoms with van der Waals surface area (Å²) in [5, 5.41) is 20.1. The van der Waals surface area contributed by atoms with Crippen molar-refractivity contribution >= 4 is 39.9 Å². The van der Waals surface area contributed by atoms with E-state index in [-0.39, 0.29) is 0 Å². The lowest BCUT2D eigenvalue weighted by Crippen LogP contribution is -2.28. The van der Waals surface area contributed by atoms with Crippen LogP contribution < -0.4 is 0 Å².